The molecular weight excluding hydrogens is 407 g/mol. The van der Waals surface area contributed by atoms with E-state index in [1.54, 1.807) is 4.90 Å². The number of nitrogens with zero attached hydrogens (tertiary/aromatic N) is 3. The lowest BCUT2D eigenvalue weighted by molar-refractivity contribution is -0.917. The molecule has 3 rings (SSSR count). The molecule has 0 unspecified atom stereocenters. The van der Waals surface area contributed by atoms with Gasteiger partial charge >= 0.3 is 6.18 Å². The van der Waals surface area contributed by atoms with Crippen molar-refractivity contribution < 1.29 is 27.7 Å². The topological polar surface area (TPSA) is 79.6 Å². The maximum absolute atomic E-state index is 12.5. The molecule has 0 atom stereocenters. The molecule has 7 nitrogen and oxygen atoms in total. The smallest absolute Gasteiger partial charge is 0.331 e. The van der Waals surface area contributed by atoms with Crippen LogP contribution in [0, 0.1) is 0 Å². The molecule has 1 fully saturated rings. The van der Waals surface area contributed by atoms with Gasteiger partial charge in [-0.25, -0.2) is 0 Å². The average Bonchev–Trinajstić information content (AvgIpc) is 3.16. The minimum absolute atomic E-state index is 0.00475. The molecule has 2 amide bonds. The lowest BCUT2D eigenvalue weighted by Gasteiger charge is -2.32. The fourth-order valence-corrected chi connectivity index (χ4v) is 3.71. The highest BCUT2D eigenvalue weighted by atomic mass is 32.1. The summed E-state index contributed by atoms with van der Waals surface area (Å²) in [6, 6.07) is 10.2. The zero-order chi connectivity index (χ0) is 20.9. The van der Waals surface area contributed by atoms with E-state index in [2.05, 4.69) is 27.6 Å². The van der Waals surface area contributed by atoms with Crippen LogP contribution in [0.4, 0.5) is 18.3 Å². The first-order valence-corrected chi connectivity index (χ1v) is 9.99. The van der Waals surface area contributed by atoms with E-state index in [-0.39, 0.29) is 35.2 Å². The first-order valence-electron chi connectivity index (χ1n) is 9.17. The Morgan fingerprint density at radius 3 is 2.41 bits per heavy atom. The molecule has 1 aromatic heterocycles. The van der Waals surface area contributed by atoms with Crippen LogP contribution < -0.4 is 10.2 Å². The maximum atomic E-state index is 12.5. The van der Waals surface area contributed by atoms with Crippen LogP contribution in [0.2, 0.25) is 0 Å². The third kappa shape index (κ3) is 6.23. The number of aromatic nitrogens is 2. The quantitative estimate of drug-likeness (QED) is 0.725. The van der Waals surface area contributed by atoms with Crippen molar-refractivity contribution >= 4 is 28.3 Å². The van der Waals surface area contributed by atoms with Crippen LogP contribution >= 0.6 is 11.3 Å². The second-order valence-electron chi connectivity index (χ2n) is 6.75. The summed E-state index contributed by atoms with van der Waals surface area (Å²) >= 11 is 0.254. The van der Waals surface area contributed by atoms with Crippen molar-refractivity contribution in [1.82, 2.24) is 15.1 Å². The summed E-state index contributed by atoms with van der Waals surface area (Å²) < 4.78 is 37.5. The summed E-state index contributed by atoms with van der Waals surface area (Å²) in [6.45, 7) is 3.81. The molecule has 2 heterocycles. The molecule has 29 heavy (non-hydrogen) atoms. The number of halogens is 3. The van der Waals surface area contributed by atoms with Crippen molar-refractivity contribution in [3.8, 4) is 0 Å². The first kappa shape index (κ1) is 21.2. The number of rotatable bonds is 6. The van der Waals surface area contributed by atoms with E-state index in [1.165, 1.54) is 10.5 Å². The van der Waals surface area contributed by atoms with Crippen LogP contribution in [0.1, 0.15) is 23.4 Å². The summed E-state index contributed by atoms with van der Waals surface area (Å²) in [6.07, 6.45) is -4.71. The van der Waals surface area contributed by atoms with Crippen LogP contribution in [0.15, 0.2) is 30.3 Å². The van der Waals surface area contributed by atoms with Gasteiger partial charge in [-0.1, -0.05) is 41.7 Å². The minimum atomic E-state index is -4.60. The number of hydrogen-bond acceptors (Lipinski definition) is 5. The second kappa shape index (κ2) is 9.31. The molecule has 0 radical (unpaired) electrons. The summed E-state index contributed by atoms with van der Waals surface area (Å²) in [4.78, 5) is 27.3. The summed E-state index contributed by atoms with van der Waals surface area (Å²) in [5.41, 5.74) is 1.25. The fourth-order valence-electron chi connectivity index (χ4n) is 3.08. The van der Waals surface area contributed by atoms with E-state index in [1.807, 2.05) is 18.2 Å². The molecule has 0 bridgehead atoms. The van der Waals surface area contributed by atoms with E-state index in [4.69, 9.17) is 0 Å². The number of amides is 2. The lowest BCUT2D eigenvalue weighted by Crippen LogP contribution is -3.13. The number of benzene rings is 1. The Labute approximate surface area is 169 Å². The van der Waals surface area contributed by atoms with Crippen molar-refractivity contribution in [1.29, 1.82) is 0 Å². The number of alkyl halides is 3. The van der Waals surface area contributed by atoms with Gasteiger partial charge < -0.3 is 15.1 Å². The van der Waals surface area contributed by atoms with Crippen LogP contribution in [0.3, 0.4) is 0 Å². The Balaban J connectivity index is 1.38. The van der Waals surface area contributed by atoms with Crippen molar-refractivity contribution in [2.24, 2.45) is 0 Å². The van der Waals surface area contributed by atoms with Crippen LogP contribution in [-0.4, -0.2) is 53.1 Å². The zero-order valence-electron chi connectivity index (χ0n) is 15.5. The highest BCUT2D eigenvalue weighted by Gasteiger charge is 2.35. The number of quaternary nitrogens is 1. The average molecular weight is 428 g/mol. The van der Waals surface area contributed by atoms with Gasteiger partial charge in [-0.2, -0.15) is 13.2 Å². The van der Waals surface area contributed by atoms with Gasteiger partial charge in [-0.05, 0) is 0 Å². The number of piperazine rings is 1. The number of hydrogen-bond donors (Lipinski definition) is 2. The molecule has 1 aliphatic heterocycles. The van der Waals surface area contributed by atoms with Gasteiger partial charge in [0.05, 0.1) is 26.2 Å². The third-order valence-corrected chi connectivity index (χ3v) is 5.48. The Bertz CT molecular complexity index is 836. The Morgan fingerprint density at radius 2 is 1.79 bits per heavy atom. The molecule has 1 aliphatic rings. The van der Waals surface area contributed by atoms with E-state index < -0.39 is 17.1 Å². The summed E-state index contributed by atoms with van der Waals surface area (Å²) in [5.74, 6) is -0.691. The maximum Gasteiger partial charge on any atom is 0.445 e. The van der Waals surface area contributed by atoms with E-state index in [0.717, 1.165) is 19.6 Å². The van der Waals surface area contributed by atoms with E-state index in [0.29, 0.717) is 13.1 Å². The standard InChI is InChI=1S/C18H20F3N5O2S/c19-18(20,21)16-23-24-17(29-16)22-14(27)6-7-15(28)26-10-8-25(9-11-26)12-13-4-2-1-3-5-13/h1-5H,6-12H2,(H,22,24,27)/p+1. The third-order valence-electron chi connectivity index (χ3n) is 4.60. The van der Waals surface area contributed by atoms with Crippen LogP contribution in [-0.2, 0) is 22.3 Å². The highest BCUT2D eigenvalue weighted by molar-refractivity contribution is 7.15. The molecular formula is C18H21F3N5O2S+. The van der Waals surface area contributed by atoms with Gasteiger partial charge in [0.2, 0.25) is 22.0 Å². The molecule has 2 N–H and O–H groups in total. The van der Waals surface area contributed by atoms with E-state index >= 15 is 0 Å². The number of anilines is 1. The van der Waals surface area contributed by atoms with Gasteiger partial charge in [-0.15, -0.1) is 10.2 Å². The molecule has 2 aromatic rings. The predicted octanol–water partition coefficient (Wildman–Crippen LogP) is 1.20. The number of nitrogens with one attached hydrogen (secondary N) is 2. The van der Waals surface area contributed by atoms with Crippen LogP contribution in [0.5, 0.6) is 0 Å². The Kier molecular flexibility index (Phi) is 6.80. The summed E-state index contributed by atoms with van der Waals surface area (Å²) in [5, 5.41) is 7.20. The molecule has 1 saturated heterocycles. The van der Waals surface area contributed by atoms with Crippen molar-refractivity contribution in [3.63, 3.8) is 0 Å². The van der Waals surface area contributed by atoms with Gasteiger partial charge in [0, 0.05) is 18.4 Å². The Hall–Kier alpha value is -2.53. The molecule has 1 aromatic carbocycles. The van der Waals surface area contributed by atoms with Crippen LogP contribution in [0.25, 0.3) is 0 Å². The SMILES string of the molecule is O=C(CCC(=O)N1CC[NH+](Cc2ccccc2)CC1)Nc1nnc(C(F)(F)F)s1. The molecule has 0 aliphatic carbocycles. The molecule has 0 saturated carbocycles. The van der Waals surface area contributed by atoms with E-state index in [9.17, 15) is 22.8 Å². The fraction of sp³-hybridized carbons (Fsp3) is 0.444. The minimum Gasteiger partial charge on any atom is -0.331 e. The van der Waals surface area contributed by atoms with Crippen molar-refractivity contribution in [3.05, 3.63) is 40.9 Å². The Morgan fingerprint density at radius 1 is 1.10 bits per heavy atom. The van der Waals surface area contributed by atoms with Gasteiger partial charge in [0.15, 0.2) is 0 Å². The van der Waals surface area contributed by atoms with Crippen molar-refractivity contribution in [2.75, 3.05) is 31.5 Å². The van der Waals surface area contributed by atoms with Gasteiger partial charge in [-0.3, -0.25) is 9.59 Å². The zero-order valence-corrected chi connectivity index (χ0v) is 16.4. The number of carbonyl (C=O) groups excluding carboxylic acids is 2. The molecule has 0 spiro atoms. The van der Waals surface area contributed by atoms with Gasteiger partial charge in [0.1, 0.15) is 6.54 Å². The van der Waals surface area contributed by atoms with Gasteiger partial charge in [0.25, 0.3) is 0 Å². The summed E-state index contributed by atoms with van der Waals surface area (Å²) in [7, 11) is 0. The second-order valence-corrected chi connectivity index (χ2v) is 7.73. The molecule has 156 valence electrons. The monoisotopic (exact) mass is 428 g/mol. The van der Waals surface area contributed by atoms with Crippen molar-refractivity contribution in [2.45, 2.75) is 25.6 Å². The highest BCUT2D eigenvalue weighted by Crippen LogP contribution is 2.32. The number of carbonyl (C=O) groups is 2. The molecule has 11 heteroatoms. The lowest BCUT2D eigenvalue weighted by atomic mass is 10.2. The first-order chi connectivity index (χ1) is 13.8. The predicted molar refractivity (Wildman–Crippen MR) is 100 cm³/mol. The largest absolute Gasteiger partial charge is 0.445 e. The normalized spacial score (nSPS) is 15.3.